The van der Waals surface area contributed by atoms with Crippen molar-refractivity contribution in [3.63, 3.8) is 0 Å². The standard InChI is InChI=1S/C26H31N3O3/c1-4-20-8-9-23-22(14-20)21(15-25(31)32-23)16-28-10-12-29(13-11-28)17-24(30)27-26-18(2)6-5-7-19(26)3/h5-9,14-15H,4,10-13,16-17H2,1-3H3,(H,27,30). The minimum absolute atomic E-state index is 0.0228. The molecule has 168 valence electrons. The molecule has 1 saturated heterocycles. The smallest absolute Gasteiger partial charge is 0.336 e. The molecule has 1 aliphatic heterocycles. The topological polar surface area (TPSA) is 65.8 Å². The Morgan fingerprint density at radius 3 is 2.38 bits per heavy atom. The van der Waals surface area contributed by atoms with E-state index in [2.05, 4.69) is 28.1 Å². The summed E-state index contributed by atoms with van der Waals surface area (Å²) in [4.78, 5) is 29.2. The van der Waals surface area contributed by atoms with Crippen molar-refractivity contribution in [3.8, 4) is 0 Å². The lowest BCUT2D eigenvalue weighted by molar-refractivity contribution is -0.117. The molecule has 1 aromatic heterocycles. The van der Waals surface area contributed by atoms with E-state index in [1.807, 2.05) is 44.2 Å². The summed E-state index contributed by atoms with van der Waals surface area (Å²) in [6.07, 6.45) is 0.942. The lowest BCUT2D eigenvalue weighted by Gasteiger charge is -2.34. The Kier molecular flexibility index (Phi) is 6.72. The third-order valence-electron chi connectivity index (χ3n) is 6.27. The first-order valence-corrected chi connectivity index (χ1v) is 11.3. The Hall–Kier alpha value is -2.96. The van der Waals surface area contributed by atoms with Gasteiger partial charge in [0, 0.05) is 49.9 Å². The quantitative estimate of drug-likeness (QED) is 0.600. The Balaban J connectivity index is 1.36. The van der Waals surface area contributed by atoms with Crippen molar-refractivity contribution < 1.29 is 9.21 Å². The van der Waals surface area contributed by atoms with Gasteiger partial charge in [-0.15, -0.1) is 0 Å². The van der Waals surface area contributed by atoms with Crippen LogP contribution in [0.15, 0.2) is 51.7 Å². The second kappa shape index (κ2) is 9.67. The lowest BCUT2D eigenvalue weighted by Crippen LogP contribution is -2.48. The van der Waals surface area contributed by atoms with Gasteiger partial charge in [-0.1, -0.05) is 31.2 Å². The van der Waals surface area contributed by atoms with Crippen LogP contribution in [-0.2, 0) is 17.8 Å². The van der Waals surface area contributed by atoms with Crippen molar-refractivity contribution in [1.29, 1.82) is 0 Å². The van der Waals surface area contributed by atoms with Gasteiger partial charge in [0.05, 0.1) is 6.54 Å². The van der Waals surface area contributed by atoms with Gasteiger partial charge in [-0.05, 0) is 54.7 Å². The molecule has 2 heterocycles. The molecule has 32 heavy (non-hydrogen) atoms. The maximum absolute atomic E-state index is 12.6. The van der Waals surface area contributed by atoms with E-state index in [0.717, 1.165) is 60.4 Å². The molecule has 0 radical (unpaired) electrons. The Morgan fingerprint density at radius 1 is 1.00 bits per heavy atom. The van der Waals surface area contributed by atoms with Crippen LogP contribution in [-0.4, -0.2) is 48.4 Å². The zero-order chi connectivity index (χ0) is 22.7. The molecule has 0 saturated carbocycles. The number of nitrogens with one attached hydrogen (secondary N) is 1. The van der Waals surface area contributed by atoms with Crippen LogP contribution in [0.1, 0.15) is 29.2 Å². The van der Waals surface area contributed by atoms with Crippen LogP contribution < -0.4 is 10.9 Å². The summed E-state index contributed by atoms with van der Waals surface area (Å²) < 4.78 is 5.39. The molecule has 1 amide bonds. The van der Waals surface area contributed by atoms with E-state index in [1.54, 1.807) is 6.07 Å². The number of hydrogen-bond donors (Lipinski definition) is 1. The first-order valence-electron chi connectivity index (χ1n) is 11.3. The molecule has 0 bridgehead atoms. The van der Waals surface area contributed by atoms with Gasteiger partial charge in [-0.2, -0.15) is 0 Å². The molecular formula is C26H31N3O3. The molecule has 0 unspecified atom stereocenters. The van der Waals surface area contributed by atoms with Crippen molar-refractivity contribution in [1.82, 2.24) is 9.80 Å². The first kappa shape index (κ1) is 22.2. The number of hydrogen-bond acceptors (Lipinski definition) is 5. The summed E-state index contributed by atoms with van der Waals surface area (Å²) in [6, 6.07) is 13.7. The number of benzene rings is 2. The van der Waals surface area contributed by atoms with Gasteiger partial charge >= 0.3 is 5.63 Å². The third kappa shape index (κ3) is 5.09. The Morgan fingerprint density at radius 2 is 1.69 bits per heavy atom. The highest BCUT2D eigenvalue weighted by atomic mass is 16.4. The number of carbonyl (C=O) groups is 1. The SMILES string of the molecule is CCc1ccc2oc(=O)cc(CN3CCN(CC(=O)Nc4c(C)cccc4C)CC3)c2c1. The summed E-state index contributed by atoms with van der Waals surface area (Å²) in [5.74, 6) is 0.0228. The first-order chi connectivity index (χ1) is 15.4. The second-order valence-corrected chi connectivity index (χ2v) is 8.64. The van der Waals surface area contributed by atoms with Crippen molar-refractivity contribution in [2.75, 3.05) is 38.0 Å². The minimum Gasteiger partial charge on any atom is -0.423 e. The molecule has 6 nitrogen and oxygen atoms in total. The molecule has 0 aliphatic carbocycles. The zero-order valence-corrected chi connectivity index (χ0v) is 19.1. The molecule has 2 aromatic carbocycles. The highest BCUT2D eigenvalue weighted by Gasteiger charge is 2.20. The van der Waals surface area contributed by atoms with Crippen molar-refractivity contribution in [2.45, 2.75) is 33.7 Å². The van der Waals surface area contributed by atoms with Crippen LogP contribution in [0.5, 0.6) is 0 Å². The molecule has 3 aromatic rings. The van der Waals surface area contributed by atoms with Crippen LogP contribution in [0.4, 0.5) is 5.69 Å². The molecule has 0 spiro atoms. The van der Waals surface area contributed by atoms with Gasteiger partial charge in [-0.25, -0.2) is 4.79 Å². The Bertz CT molecular complexity index is 1160. The summed E-state index contributed by atoms with van der Waals surface area (Å²) in [5, 5.41) is 4.09. The summed E-state index contributed by atoms with van der Waals surface area (Å²) in [7, 11) is 0. The van der Waals surface area contributed by atoms with Crippen molar-refractivity contribution in [3.05, 3.63) is 75.1 Å². The maximum Gasteiger partial charge on any atom is 0.336 e. The number of nitrogens with zero attached hydrogens (tertiary/aromatic N) is 2. The summed E-state index contributed by atoms with van der Waals surface area (Å²) in [5.41, 5.74) is 5.64. The van der Waals surface area contributed by atoms with Gasteiger partial charge in [0.2, 0.25) is 5.91 Å². The minimum atomic E-state index is -0.307. The largest absolute Gasteiger partial charge is 0.423 e. The van der Waals surface area contributed by atoms with Crippen LogP contribution in [0, 0.1) is 13.8 Å². The molecule has 4 rings (SSSR count). The van der Waals surface area contributed by atoms with Gasteiger partial charge in [-0.3, -0.25) is 14.6 Å². The normalized spacial score (nSPS) is 15.2. The van der Waals surface area contributed by atoms with Gasteiger partial charge in [0.25, 0.3) is 0 Å². The monoisotopic (exact) mass is 433 g/mol. The number of piperazine rings is 1. The molecule has 1 aliphatic rings. The number of fused-ring (bicyclic) bond motifs is 1. The number of aryl methyl sites for hydroxylation is 3. The number of amides is 1. The average molecular weight is 434 g/mol. The van der Waals surface area contributed by atoms with E-state index >= 15 is 0 Å². The summed E-state index contributed by atoms with van der Waals surface area (Å²) in [6.45, 7) is 10.6. The predicted octanol–water partition coefficient (Wildman–Crippen LogP) is 3.73. The number of para-hydroxylation sites is 1. The maximum atomic E-state index is 12.6. The molecular weight excluding hydrogens is 402 g/mol. The van der Waals surface area contributed by atoms with Crippen molar-refractivity contribution in [2.24, 2.45) is 0 Å². The average Bonchev–Trinajstić information content (AvgIpc) is 2.77. The van der Waals surface area contributed by atoms with E-state index in [4.69, 9.17) is 4.42 Å². The predicted molar refractivity (Wildman–Crippen MR) is 128 cm³/mol. The summed E-state index contributed by atoms with van der Waals surface area (Å²) >= 11 is 0. The highest BCUT2D eigenvalue weighted by molar-refractivity contribution is 5.93. The van der Waals surface area contributed by atoms with Gasteiger partial charge < -0.3 is 9.73 Å². The van der Waals surface area contributed by atoms with E-state index in [0.29, 0.717) is 18.7 Å². The van der Waals surface area contributed by atoms with E-state index in [9.17, 15) is 9.59 Å². The van der Waals surface area contributed by atoms with Gasteiger partial charge in [0.15, 0.2) is 0 Å². The highest BCUT2D eigenvalue weighted by Crippen LogP contribution is 2.22. The van der Waals surface area contributed by atoms with Crippen molar-refractivity contribution >= 4 is 22.6 Å². The molecule has 0 atom stereocenters. The van der Waals surface area contributed by atoms with E-state index in [-0.39, 0.29) is 11.5 Å². The lowest BCUT2D eigenvalue weighted by atomic mass is 10.0. The fourth-order valence-corrected chi connectivity index (χ4v) is 4.37. The number of anilines is 1. The van der Waals surface area contributed by atoms with E-state index < -0.39 is 0 Å². The zero-order valence-electron chi connectivity index (χ0n) is 19.1. The number of carbonyl (C=O) groups excluding carboxylic acids is 1. The van der Waals surface area contributed by atoms with Crippen LogP contribution in [0.3, 0.4) is 0 Å². The molecule has 6 heteroatoms. The number of rotatable bonds is 6. The van der Waals surface area contributed by atoms with Crippen LogP contribution >= 0.6 is 0 Å². The van der Waals surface area contributed by atoms with Gasteiger partial charge in [0.1, 0.15) is 5.58 Å². The fraction of sp³-hybridized carbons (Fsp3) is 0.385. The Labute approximate surface area is 188 Å². The van der Waals surface area contributed by atoms with Crippen LogP contribution in [0.25, 0.3) is 11.0 Å². The molecule has 1 fully saturated rings. The second-order valence-electron chi connectivity index (χ2n) is 8.64. The molecule has 1 N–H and O–H groups in total. The fourth-order valence-electron chi connectivity index (χ4n) is 4.37. The van der Waals surface area contributed by atoms with E-state index in [1.165, 1.54) is 5.56 Å². The van der Waals surface area contributed by atoms with Crippen LogP contribution in [0.2, 0.25) is 0 Å². The third-order valence-corrected chi connectivity index (χ3v) is 6.27.